The van der Waals surface area contributed by atoms with Crippen molar-refractivity contribution >= 4 is 22.9 Å². The zero-order chi connectivity index (χ0) is 13.8. The third kappa shape index (κ3) is 2.88. The lowest BCUT2D eigenvalue weighted by Crippen LogP contribution is -2.26. The van der Waals surface area contributed by atoms with E-state index >= 15 is 0 Å². The number of carbonyl (C=O) groups is 1. The Kier molecular flexibility index (Phi) is 4.06. The molecule has 0 fully saturated rings. The molecule has 0 aliphatic heterocycles. The lowest BCUT2D eigenvalue weighted by Gasteiger charge is -2.15. The summed E-state index contributed by atoms with van der Waals surface area (Å²) in [5.74, 6) is 0.223. The predicted molar refractivity (Wildman–Crippen MR) is 77.6 cm³/mol. The first-order chi connectivity index (χ1) is 9.13. The smallest absolute Gasteiger partial charge is 0.255 e. The minimum atomic E-state index is -0.192. The van der Waals surface area contributed by atoms with Crippen molar-refractivity contribution < 1.29 is 9.53 Å². The first-order valence-corrected chi connectivity index (χ1v) is 6.83. The molecule has 100 valence electrons. The molecule has 3 N–H and O–H groups in total. The van der Waals surface area contributed by atoms with E-state index < -0.39 is 0 Å². The van der Waals surface area contributed by atoms with E-state index in [9.17, 15) is 4.79 Å². The van der Waals surface area contributed by atoms with Gasteiger partial charge in [-0.05, 0) is 41.4 Å². The lowest BCUT2D eigenvalue weighted by atomic mass is 10.1. The molecule has 2 rings (SSSR count). The summed E-state index contributed by atoms with van der Waals surface area (Å²) in [5, 5.41) is 6.93. The Balaban J connectivity index is 2.19. The van der Waals surface area contributed by atoms with Crippen molar-refractivity contribution in [1.29, 1.82) is 0 Å². The predicted octanol–water partition coefficient (Wildman–Crippen LogP) is 2.83. The van der Waals surface area contributed by atoms with Crippen LogP contribution in [0.15, 0.2) is 35.0 Å². The van der Waals surface area contributed by atoms with Crippen LogP contribution in [0.4, 0.5) is 5.69 Å². The Morgan fingerprint density at radius 3 is 2.84 bits per heavy atom. The maximum atomic E-state index is 12.2. The van der Waals surface area contributed by atoms with Crippen LogP contribution in [0.2, 0.25) is 0 Å². The first-order valence-electron chi connectivity index (χ1n) is 5.89. The van der Waals surface area contributed by atoms with Gasteiger partial charge in [0.05, 0.1) is 24.4 Å². The van der Waals surface area contributed by atoms with Gasteiger partial charge in [0.1, 0.15) is 0 Å². The molecule has 0 aliphatic carbocycles. The van der Waals surface area contributed by atoms with E-state index in [2.05, 4.69) is 5.32 Å². The fraction of sp³-hybridized carbons (Fsp3) is 0.214. The minimum absolute atomic E-state index is 0.0510. The van der Waals surface area contributed by atoms with Crippen molar-refractivity contribution in [2.45, 2.75) is 13.0 Å². The topological polar surface area (TPSA) is 64.3 Å². The van der Waals surface area contributed by atoms with E-state index in [0.29, 0.717) is 17.0 Å². The average Bonchev–Trinajstić information content (AvgIpc) is 2.92. The van der Waals surface area contributed by atoms with Gasteiger partial charge in [0.15, 0.2) is 5.75 Å². The Hall–Kier alpha value is -2.01. The summed E-state index contributed by atoms with van der Waals surface area (Å²) in [4.78, 5) is 12.2. The standard InChI is InChI=1S/C14H16N2O2S/c1-9(10-6-7-19-8-10)16-14(17)11-4-3-5-12(15)13(11)18-2/h3-9H,15H2,1-2H3,(H,16,17). The van der Waals surface area contributed by atoms with E-state index in [1.54, 1.807) is 29.5 Å². The fourth-order valence-electron chi connectivity index (χ4n) is 1.84. The molecule has 4 nitrogen and oxygen atoms in total. The molecule has 0 radical (unpaired) electrons. The first kappa shape index (κ1) is 13.4. The van der Waals surface area contributed by atoms with Crippen LogP contribution >= 0.6 is 11.3 Å². The number of hydrogen-bond acceptors (Lipinski definition) is 4. The van der Waals surface area contributed by atoms with E-state index in [1.807, 2.05) is 23.8 Å². The third-order valence-electron chi connectivity index (χ3n) is 2.89. The Bertz CT molecular complexity index is 567. The van der Waals surface area contributed by atoms with E-state index in [4.69, 9.17) is 10.5 Å². The van der Waals surface area contributed by atoms with E-state index in [-0.39, 0.29) is 11.9 Å². The zero-order valence-electron chi connectivity index (χ0n) is 10.8. The Labute approximate surface area is 116 Å². The summed E-state index contributed by atoms with van der Waals surface area (Å²) < 4.78 is 5.19. The number of methoxy groups -OCH3 is 1. The normalized spacial score (nSPS) is 11.9. The molecular weight excluding hydrogens is 260 g/mol. The summed E-state index contributed by atoms with van der Waals surface area (Å²) >= 11 is 1.60. The SMILES string of the molecule is COc1c(N)cccc1C(=O)NC(C)c1ccsc1. The van der Waals surface area contributed by atoms with Gasteiger partial charge in [0, 0.05) is 0 Å². The van der Waals surface area contributed by atoms with Crippen LogP contribution in [-0.4, -0.2) is 13.0 Å². The van der Waals surface area contributed by atoms with Crippen LogP contribution in [0.3, 0.4) is 0 Å². The molecule has 1 atom stereocenters. The van der Waals surface area contributed by atoms with Crippen LogP contribution in [0.1, 0.15) is 28.9 Å². The molecule has 0 bridgehead atoms. The molecule has 0 saturated carbocycles. The minimum Gasteiger partial charge on any atom is -0.494 e. The van der Waals surface area contributed by atoms with Crippen molar-refractivity contribution in [2.75, 3.05) is 12.8 Å². The number of thiophene rings is 1. The molecule has 1 heterocycles. The number of para-hydroxylation sites is 1. The Morgan fingerprint density at radius 2 is 2.21 bits per heavy atom. The molecule has 2 aromatic rings. The van der Waals surface area contributed by atoms with Gasteiger partial charge in [-0.2, -0.15) is 11.3 Å². The van der Waals surface area contributed by atoms with Crippen molar-refractivity contribution in [3.63, 3.8) is 0 Å². The number of nitrogens with one attached hydrogen (secondary N) is 1. The third-order valence-corrected chi connectivity index (χ3v) is 3.59. The van der Waals surface area contributed by atoms with Gasteiger partial charge in [-0.3, -0.25) is 4.79 Å². The monoisotopic (exact) mass is 276 g/mol. The van der Waals surface area contributed by atoms with Gasteiger partial charge in [-0.25, -0.2) is 0 Å². The number of ether oxygens (including phenoxy) is 1. The van der Waals surface area contributed by atoms with Gasteiger partial charge >= 0.3 is 0 Å². The number of benzene rings is 1. The second-order valence-electron chi connectivity index (χ2n) is 4.18. The molecule has 0 spiro atoms. The van der Waals surface area contributed by atoms with E-state index in [1.165, 1.54) is 7.11 Å². The van der Waals surface area contributed by atoms with Crippen molar-refractivity contribution in [1.82, 2.24) is 5.32 Å². The molecule has 5 heteroatoms. The second kappa shape index (κ2) is 5.75. The fourth-order valence-corrected chi connectivity index (χ4v) is 2.59. The maximum absolute atomic E-state index is 12.2. The van der Waals surface area contributed by atoms with Crippen molar-refractivity contribution in [3.05, 3.63) is 46.2 Å². The number of nitrogens with two attached hydrogens (primary N) is 1. The number of nitrogen functional groups attached to an aromatic ring is 1. The summed E-state index contributed by atoms with van der Waals surface area (Å²) in [5.41, 5.74) is 7.78. The zero-order valence-corrected chi connectivity index (χ0v) is 11.7. The molecule has 0 aliphatic rings. The van der Waals surface area contributed by atoms with Gasteiger partial charge in [0.2, 0.25) is 0 Å². The highest BCUT2D eigenvalue weighted by molar-refractivity contribution is 7.07. The number of rotatable bonds is 4. The molecule has 0 saturated heterocycles. The molecule has 1 unspecified atom stereocenters. The van der Waals surface area contributed by atoms with Gasteiger partial charge in [-0.15, -0.1) is 0 Å². The van der Waals surface area contributed by atoms with Crippen molar-refractivity contribution in [2.24, 2.45) is 0 Å². The Morgan fingerprint density at radius 1 is 1.42 bits per heavy atom. The largest absolute Gasteiger partial charge is 0.494 e. The summed E-state index contributed by atoms with van der Waals surface area (Å²) in [7, 11) is 1.50. The highest BCUT2D eigenvalue weighted by Gasteiger charge is 2.17. The van der Waals surface area contributed by atoms with Gasteiger partial charge in [0.25, 0.3) is 5.91 Å². The highest BCUT2D eigenvalue weighted by Crippen LogP contribution is 2.26. The van der Waals surface area contributed by atoms with E-state index in [0.717, 1.165) is 5.56 Å². The van der Waals surface area contributed by atoms with Crippen LogP contribution < -0.4 is 15.8 Å². The van der Waals surface area contributed by atoms with Crippen LogP contribution in [-0.2, 0) is 0 Å². The molecular formula is C14H16N2O2S. The number of carbonyl (C=O) groups excluding carboxylic acids is 1. The molecule has 1 aromatic carbocycles. The molecule has 1 aromatic heterocycles. The summed E-state index contributed by atoms with van der Waals surface area (Å²) in [6.07, 6.45) is 0. The van der Waals surface area contributed by atoms with Gasteiger partial charge < -0.3 is 15.8 Å². The van der Waals surface area contributed by atoms with Gasteiger partial charge in [-0.1, -0.05) is 6.07 Å². The average molecular weight is 276 g/mol. The van der Waals surface area contributed by atoms with Crippen LogP contribution in [0, 0.1) is 0 Å². The number of anilines is 1. The lowest BCUT2D eigenvalue weighted by molar-refractivity contribution is 0.0937. The molecule has 19 heavy (non-hydrogen) atoms. The summed E-state index contributed by atoms with van der Waals surface area (Å²) in [6.45, 7) is 1.94. The number of hydrogen-bond donors (Lipinski definition) is 2. The maximum Gasteiger partial charge on any atom is 0.255 e. The number of amides is 1. The quantitative estimate of drug-likeness (QED) is 0.844. The molecule has 1 amide bonds. The summed E-state index contributed by atoms with van der Waals surface area (Å²) in [6, 6.07) is 7.08. The second-order valence-corrected chi connectivity index (χ2v) is 4.96. The van der Waals surface area contributed by atoms with Crippen LogP contribution in [0.5, 0.6) is 5.75 Å². The van der Waals surface area contributed by atoms with Crippen LogP contribution in [0.25, 0.3) is 0 Å². The highest BCUT2D eigenvalue weighted by atomic mass is 32.1. The van der Waals surface area contributed by atoms with Crippen molar-refractivity contribution in [3.8, 4) is 5.75 Å².